The SMILES string of the molecule is O=C(O)Cc1ccccc1CNC(=O)[C@@H]1CCCO1. The molecule has 0 aliphatic carbocycles. The van der Waals surface area contributed by atoms with E-state index in [1.807, 2.05) is 12.1 Å². The third kappa shape index (κ3) is 3.79. The molecule has 1 amide bonds. The predicted octanol–water partition coefficient (Wildman–Crippen LogP) is 1.11. The van der Waals surface area contributed by atoms with Crippen LogP contribution in [0.15, 0.2) is 24.3 Å². The molecule has 0 radical (unpaired) electrons. The average Bonchev–Trinajstić information content (AvgIpc) is 2.90. The summed E-state index contributed by atoms with van der Waals surface area (Å²) in [6.07, 6.45) is 1.27. The highest BCUT2D eigenvalue weighted by molar-refractivity contribution is 5.81. The van der Waals surface area contributed by atoms with E-state index >= 15 is 0 Å². The van der Waals surface area contributed by atoms with Crippen LogP contribution in [0.1, 0.15) is 24.0 Å². The molecule has 2 rings (SSSR count). The Morgan fingerprint density at radius 2 is 2.05 bits per heavy atom. The lowest BCUT2D eigenvalue weighted by atomic mass is 10.0. The van der Waals surface area contributed by atoms with Crippen molar-refractivity contribution in [1.29, 1.82) is 0 Å². The summed E-state index contributed by atoms with van der Waals surface area (Å²) in [6.45, 7) is 0.968. The lowest BCUT2D eigenvalue weighted by Crippen LogP contribution is -2.33. The van der Waals surface area contributed by atoms with E-state index in [4.69, 9.17) is 9.84 Å². The highest BCUT2D eigenvalue weighted by Gasteiger charge is 2.23. The summed E-state index contributed by atoms with van der Waals surface area (Å²) in [5.74, 6) is -1.000. The van der Waals surface area contributed by atoms with Gasteiger partial charge in [-0.2, -0.15) is 0 Å². The molecule has 1 aromatic rings. The van der Waals surface area contributed by atoms with E-state index in [2.05, 4.69) is 5.32 Å². The van der Waals surface area contributed by atoms with Crippen molar-refractivity contribution in [2.75, 3.05) is 6.61 Å². The summed E-state index contributed by atoms with van der Waals surface area (Å²) in [4.78, 5) is 22.6. The van der Waals surface area contributed by atoms with Crippen LogP contribution in [-0.2, 0) is 27.3 Å². The van der Waals surface area contributed by atoms with Gasteiger partial charge in [0.1, 0.15) is 6.10 Å². The van der Waals surface area contributed by atoms with Gasteiger partial charge in [0.2, 0.25) is 5.91 Å². The van der Waals surface area contributed by atoms with Crippen LogP contribution in [0.3, 0.4) is 0 Å². The van der Waals surface area contributed by atoms with Crippen LogP contribution in [0.25, 0.3) is 0 Å². The summed E-state index contributed by atoms with van der Waals surface area (Å²) in [5.41, 5.74) is 1.55. The summed E-state index contributed by atoms with van der Waals surface area (Å²) in [6, 6.07) is 7.22. The second-order valence-electron chi connectivity index (χ2n) is 4.56. The lowest BCUT2D eigenvalue weighted by molar-refractivity contribution is -0.136. The van der Waals surface area contributed by atoms with Crippen molar-refractivity contribution >= 4 is 11.9 Å². The maximum atomic E-state index is 11.8. The maximum absolute atomic E-state index is 11.8. The van der Waals surface area contributed by atoms with E-state index in [0.717, 1.165) is 24.0 Å². The molecule has 0 bridgehead atoms. The first-order valence-electron chi connectivity index (χ1n) is 6.34. The van der Waals surface area contributed by atoms with Gasteiger partial charge in [0.05, 0.1) is 6.42 Å². The number of carboxylic acids is 1. The van der Waals surface area contributed by atoms with Crippen molar-refractivity contribution in [2.45, 2.75) is 31.9 Å². The summed E-state index contributed by atoms with van der Waals surface area (Å²) < 4.78 is 5.29. The zero-order chi connectivity index (χ0) is 13.7. The van der Waals surface area contributed by atoms with Crippen molar-refractivity contribution in [3.8, 4) is 0 Å². The first-order chi connectivity index (χ1) is 9.16. The first-order valence-corrected chi connectivity index (χ1v) is 6.34. The second-order valence-corrected chi connectivity index (χ2v) is 4.56. The van der Waals surface area contributed by atoms with E-state index in [9.17, 15) is 9.59 Å². The molecule has 5 nitrogen and oxygen atoms in total. The standard InChI is InChI=1S/C14H17NO4/c16-13(17)8-10-4-1-2-5-11(10)9-15-14(18)12-6-3-7-19-12/h1-2,4-5,12H,3,6-9H2,(H,15,18)(H,16,17)/t12-/m0/s1. The number of benzene rings is 1. The number of ether oxygens (including phenoxy) is 1. The number of carbonyl (C=O) groups excluding carboxylic acids is 1. The van der Waals surface area contributed by atoms with Gasteiger partial charge in [0.25, 0.3) is 0 Å². The van der Waals surface area contributed by atoms with E-state index < -0.39 is 5.97 Å². The van der Waals surface area contributed by atoms with Gasteiger partial charge in [0, 0.05) is 13.2 Å². The van der Waals surface area contributed by atoms with Gasteiger partial charge in [-0.15, -0.1) is 0 Å². The molecule has 1 fully saturated rings. The highest BCUT2D eigenvalue weighted by Crippen LogP contribution is 2.13. The van der Waals surface area contributed by atoms with Crippen LogP contribution >= 0.6 is 0 Å². The fourth-order valence-electron chi connectivity index (χ4n) is 2.15. The summed E-state index contributed by atoms with van der Waals surface area (Å²) in [5, 5.41) is 11.6. The molecule has 1 heterocycles. The fraction of sp³-hybridized carbons (Fsp3) is 0.429. The van der Waals surface area contributed by atoms with Crippen LogP contribution in [-0.4, -0.2) is 29.7 Å². The van der Waals surface area contributed by atoms with Gasteiger partial charge in [0.15, 0.2) is 0 Å². The molecule has 102 valence electrons. The number of carbonyl (C=O) groups is 2. The molecule has 19 heavy (non-hydrogen) atoms. The minimum absolute atomic E-state index is 0.0357. The average molecular weight is 263 g/mol. The molecule has 0 aromatic heterocycles. The molecule has 1 aliphatic rings. The van der Waals surface area contributed by atoms with Crippen LogP contribution in [0.4, 0.5) is 0 Å². The smallest absolute Gasteiger partial charge is 0.307 e. The summed E-state index contributed by atoms with van der Waals surface area (Å²) in [7, 11) is 0. The monoisotopic (exact) mass is 263 g/mol. The Morgan fingerprint density at radius 3 is 2.68 bits per heavy atom. The van der Waals surface area contributed by atoms with Gasteiger partial charge < -0.3 is 15.2 Å². The molecule has 1 aromatic carbocycles. The Balaban J connectivity index is 1.94. The number of nitrogens with one attached hydrogen (secondary N) is 1. The summed E-state index contributed by atoms with van der Waals surface area (Å²) >= 11 is 0. The lowest BCUT2D eigenvalue weighted by Gasteiger charge is -2.12. The molecule has 5 heteroatoms. The van der Waals surface area contributed by atoms with E-state index in [1.165, 1.54) is 0 Å². The molecule has 0 spiro atoms. The Kier molecular flexibility index (Phi) is 4.52. The number of carboxylic acid groups (broad SMARTS) is 1. The minimum atomic E-state index is -0.877. The van der Waals surface area contributed by atoms with Crippen LogP contribution in [0.2, 0.25) is 0 Å². The van der Waals surface area contributed by atoms with Crippen LogP contribution in [0.5, 0.6) is 0 Å². The van der Waals surface area contributed by atoms with Gasteiger partial charge in [-0.1, -0.05) is 24.3 Å². The van der Waals surface area contributed by atoms with Gasteiger partial charge in [-0.05, 0) is 24.0 Å². The topological polar surface area (TPSA) is 75.6 Å². The number of amides is 1. The molecule has 1 aliphatic heterocycles. The van der Waals surface area contributed by atoms with Crippen molar-refractivity contribution in [1.82, 2.24) is 5.32 Å². The molecular weight excluding hydrogens is 246 g/mol. The highest BCUT2D eigenvalue weighted by atomic mass is 16.5. The molecule has 1 atom stereocenters. The molecular formula is C14H17NO4. The van der Waals surface area contributed by atoms with E-state index in [0.29, 0.717) is 13.2 Å². The Bertz CT molecular complexity index is 466. The normalized spacial score (nSPS) is 18.2. The van der Waals surface area contributed by atoms with Crippen molar-refractivity contribution in [3.05, 3.63) is 35.4 Å². The molecule has 2 N–H and O–H groups in total. The Morgan fingerprint density at radius 1 is 1.32 bits per heavy atom. The zero-order valence-corrected chi connectivity index (χ0v) is 10.6. The zero-order valence-electron chi connectivity index (χ0n) is 10.6. The fourth-order valence-corrected chi connectivity index (χ4v) is 2.15. The van der Waals surface area contributed by atoms with Gasteiger partial charge in [-0.25, -0.2) is 0 Å². The largest absolute Gasteiger partial charge is 0.481 e. The van der Waals surface area contributed by atoms with E-state index in [-0.39, 0.29) is 18.4 Å². The first kappa shape index (κ1) is 13.5. The quantitative estimate of drug-likeness (QED) is 0.834. The van der Waals surface area contributed by atoms with Gasteiger partial charge in [-0.3, -0.25) is 9.59 Å². The molecule has 0 saturated carbocycles. The number of rotatable bonds is 5. The predicted molar refractivity (Wildman–Crippen MR) is 68.6 cm³/mol. The third-order valence-electron chi connectivity index (χ3n) is 3.14. The number of hydrogen-bond donors (Lipinski definition) is 2. The van der Waals surface area contributed by atoms with Crippen molar-refractivity contribution in [2.24, 2.45) is 0 Å². The Labute approximate surface area is 111 Å². The number of aliphatic carboxylic acids is 1. The molecule has 1 saturated heterocycles. The van der Waals surface area contributed by atoms with Gasteiger partial charge >= 0.3 is 5.97 Å². The van der Waals surface area contributed by atoms with Crippen LogP contribution < -0.4 is 5.32 Å². The molecule has 0 unspecified atom stereocenters. The Hall–Kier alpha value is -1.88. The third-order valence-corrected chi connectivity index (χ3v) is 3.14. The second kappa shape index (κ2) is 6.33. The number of hydrogen-bond acceptors (Lipinski definition) is 3. The maximum Gasteiger partial charge on any atom is 0.307 e. The van der Waals surface area contributed by atoms with E-state index in [1.54, 1.807) is 12.1 Å². The van der Waals surface area contributed by atoms with Crippen molar-refractivity contribution < 1.29 is 19.4 Å². The minimum Gasteiger partial charge on any atom is -0.481 e. The van der Waals surface area contributed by atoms with Crippen molar-refractivity contribution in [3.63, 3.8) is 0 Å². The van der Waals surface area contributed by atoms with Crippen LogP contribution in [0, 0.1) is 0 Å².